The van der Waals surface area contributed by atoms with Gasteiger partial charge in [-0.1, -0.05) is 54.9 Å². The van der Waals surface area contributed by atoms with Gasteiger partial charge < -0.3 is 5.11 Å². The van der Waals surface area contributed by atoms with Gasteiger partial charge >= 0.3 is 0 Å². The van der Waals surface area contributed by atoms with Crippen LogP contribution in [0.5, 0.6) is 0 Å². The molecule has 0 spiro atoms. The van der Waals surface area contributed by atoms with Crippen LogP contribution >= 0.6 is 11.6 Å². The zero-order chi connectivity index (χ0) is 17.6. The van der Waals surface area contributed by atoms with Crippen LogP contribution in [-0.4, -0.2) is 21.7 Å². The summed E-state index contributed by atoms with van der Waals surface area (Å²) >= 11 is 6.11. The molecule has 0 aliphatic heterocycles. The molecule has 3 aromatic rings. The summed E-state index contributed by atoms with van der Waals surface area (Å²) in [4.78, 5) is 9.38. The highest BCUT2D eigenvalue weighted by molar-refractivity contribution is 6.30. The first-order chi connectivity index (χ1) is 12.2. The number of rotatable bonds is 6. The maximum absolute atomic E-state index is 9.01. The molecule has 3 nitrogen and oxygen atoms in total. The summed E-state index contributed by atoms with van der Waals surface area (Å²) in [5.41, 5.74) is 5.29. The van der Waals surface area contributed by atoms with Crippen molar-refractivity contribution < 1.29 is 5.11 Å². The summed E-state index contributed by atoms with van der Waals surface area (Å²) in [5.74, 6) is 0.716. The largest absolute Gasteiger partial charge is 0.396 e. The van der Waals surface area contributed by atoms with E-state index in [4.69, 9.17) is 21.7 Å². The Morgan fingerprint density at radius 2 is 1.64 bits per heavy atom. The Balaban J connectivity index is 1.89. The third-order valence-electron chi connectivity index (χ3n) is 4.09. The van der Waals surface area contributed by atoms with Crippen LogP contribution in [0.25, 0.3) is 11.4 Å². The Kier molecular flexibility index (Phi) is 5.79. The molecule has 0 amide bonds. The number of hydrogen-bond acceptors (Lipinski definition) is 3. The highest BCUT2D eigenvalue weighted by Crippen LogP contribution is 2.21. The van der Waals surface area contributed by atoms with E-state index in [1.54, 1.807) is 0 Å². The van der Waals surface area contributed by atoms with Crippen molar-refractivity contribution in [3.05, 3.63) is 82.1 Å². The summed E-state index contributed by atoms with van der Waals surface area (Å²) < 4.78 is 0. The van der Waals surface area contributed by atoms with Gasteiger partial charge in [-0.05, 0) is 42.2 Å². The van der Waals surface area contributed by atoms with Gasteiger partial charge in [0.2, 0.25) is 0 Å². The van der Waals surface area contributed by atoms with E-state index in [-0.39, 0.29) is 6.61 Å². The molecule has 1 N–H and O–H groups in total. The number of aromatic nitrogens is 2. The van der Waals surface area contributed by atoms with Crippen molar-refractivity contribution in [2.45, 2.75) is 26.2 Å². The van der Waals surface area contributed by atoms with Gasteiger partial charge in [0, 0.05) is 35.0 Å². The minimum Gasteiger partial charge on any atom is -0.396 e. The molecule has 25 heavy (non-hydrogen) atoms. The Morgan fingerprint density at radius 1 is 0.920 bits per heavy atom. The highest BCUT2D eigenvalue weighted by Gasteiger charge is 2.08. The van der Waals surface area contributed by atoms with Crippen molar-refractivity contribution >= 4 is 11.6 Å². The van der Waals surface area contributed by atoms with E-state index < -0.39 is 0 Å². The molecule has 1 heterocycles. The Bertz CT molecular complexity index is 847. The van der Waals surface area contributed by atoms with Crippen LogP contribution in [0.1, 0.15) is 29.4 Å². The molecule has 0 radical (unpaired) electrons. The molecule has 0 atom stereocenters. The summed E-state index contributed by atoms with van der Waals surface area (Å²) in [7, 11) is 0. The van der Waals surface area contributed by atoms with Gasteiger partial charge in [-0.3, -0.25) is 0 Å². The molecule has 0 fully saturated rings. The van der Waals surface area contributed by atoms with E-state index in [2.05, 4.69) is 42.2 Å². The first-order valence-corrected chi connectivity index (χ1v) is 8.87. The number of benzene rings is 2. The molecule has 0 unspecified atom stereocenters. The molecule has 3 rings (SSSR count). The molecule has 2 aromatic carbocycles. The van der Waals surface area contributed by atoms with Crippen LogP contribution in [0.15, 0.2) is 54.6 Å². The molecule has 0 aliphatic carbocycles. The van der Waals surface area contributed by atoms with E-state index >= 15 is 0 Å². The van der Waals surface area contributed by atoms with Gasteiger partial charge in [0.05, 0.1) is 0 Å². The maximum atomic E-state index is 9.01. The topological polar surface area (TPSA) is 46.0 Å². The number of halogens is 1. The van der Waals surface area contributed by atoms with Crippen LogP contribution in [0, 0.1) is 0 Å². The van der Waals surface area contributed by atoms with E-state index in [1.807, 2.05) is 24.3 Å². The Hall–Kier alpha value is -2.23. The van der Waals surface area contributed by atoms with E-state index in [0.29, 0.717) is 17.3 Å². The number of nitrogens with zero attached hydrogens (tertiary/aromatic N) is 2. The summed E-state index contributed by atoms with van der Waals surface area (Å²) in [6.07, 6.45) is 2.30. The maximum Gasteiger partial charge on any atom is 0.159 e. The number of aliphatic hydroxyl groups is 1. The van der Waals surface area contributed by atoms with Crippen molar-refractivity contribution in [2.24, 2.45) is 0 Å². The molecular weight excluding hydrogens is 332 g/mol. The van der Waals surface area contributed by atoms with Crippen LogP contribution in [0.4, 0.5) is 0 Å². The van der Waals surface area contributed by atoms with Gasteiger partial charge in [-0.25, -0.2) is 9.97 Å². The van der Waals surface area contributed by atoms with Gasteiger partial charge in [0.25, 0.3) is 0 Å². The molecule has 1 aromatic heterocycles. The third kappa shape index (κ3) is 4.65. The smallest absolute Gasteiger partial charge is 0.159 e. The molecule has 0 bridgehead atoms. The number of aryl methyl sites for hydroxylation is 1. The van der Waals surface area contributed by atoms with Gasteiger partial charge in [0.1, 0.15) is 0 Å². The second-order valence-electron chi connectivity index (χ2n) is 6.01. The minimum atomic E-state index is 0.175. The standard InChI is InChI=1S/C21H21ClN2O/c1-2-19-14-20(12-16-8-6-15(7-9-16)10-11-25)24-21(23-19)17-4-3-5-18(22)13-17/h3-9,13-14,25H,2,10-12H2,1H3. The second-order valence-corrected chi connectivity index (χ2v) is 6.44. The van der Waals surface area contributed by atoms with Crippen molar-refractivity contribution in [2.75, 3.05) is 6.61 Å². The zero-order valence-corrected chi connectivity index (χ0v) is 15.0. The molecule has 128 valence electrons. The average molecular weight is 353 g/mol. The van der Waals surface area contributed by atoms with Crippen molar-refractivity contribution in [1.29, 1.82) is 0 Å². The fraction of sp³-hybridized carbons (Fsp3) is 0.238. The van der Waals surface area contributed by atoms with Gasteiger partial charge in [-0.2, -0.15) is 0 Å². The number of hydrogen-bond donors (Lipinski definition) is 1. The van der Waals surface area contributed by atoms with Crippen LogP contribution in [0.3, 0.4) is 0 Å². The summed E-state index contributed by atoms with van der Waals surface area (Å²) in [6.45, 7) is 2.27. The quantitative estimate of drug-likeness (QED) is 0.711. The third-order valence-corrected chi connectivity index (χ3v) is 4.32. The van der Waals surface area contributed by atoms with Gasteiger partial charge in [-0.15, -0.1) is 0 Å². The summed E-state index contributed by atoms with van der Waals surface area (Å²) in [5, 5.41) is 9.70. The SMILES string of the molecule is CCc1cc(Cc2ccc(CCO)cc2)nc(-c2cccc(Cl)c2)n1. The van der Waals surface area contributed by atoms with E-state index in [1.165, 1.54) is 5.56 Å². The van der Waals surface area contributed by atoms with Crippen LogP contribution in [-0.2, 0) is 19.3 Å². The molecular formula is C21H21ClN2O. The molecule has 4 heteroatoms. The number of aliphatic hydroxyl groups excluding tert-OH is 1. The Morgan fingerprint density at radius 3 is 2.32 bits per heavy atom. The normalized spacial score (nSPS) is 10.8. The highest BCUT2D eigenvalue weighted by atomic mass is 35.5. The predicted octanol–water partition coefficient (Wildman–Crippen LogP) is 4.49. The van der Waals surface area contributed by atoms with Crippen molar-refractivity contribution in [1.82, 2.24) is 9.97 Å². The minimum absolute atomic E-state index is 0.175. The zero-order valence-electron chi connectivity index (χ0n) is 14.2. The fourth-order valence-corrected chi connectivity index (χ4v) is 2.93. The molecule has 0 aliphatic rings. The van der Waals surface area contributed by atoms with E-state index in [9.17, 15) is 0 Å². The summed E-state index contributed by atoms with van der Waals surface area (Å²) in [6, 6.07) is 18.0. The molecule has 0 saturated heterocycles. The fourth-order valence-electron chi connectivity index (χ4n) is 2.74. The second kappa shape index (κ2) is 8.24. The predicted molar refractivity (Wildman–Crippen MR) is 102 cm³/mol. The molecule has 0 saturated carbocycles. The van der Waals surface area contributed by atoms with E-state index in [0.717, 1.165) is 35.4 Å². The van der Waals surface area contributed by atoms with Crippen molar-refractivity contribution in [3.8, 4) is 11.4 Å². The lowest BCUT2D eigenvalue weighted by Crippen LogP contribution is -2.01. The monoisotopic (exact) mass is 352 g/mol. The first-order valence-electron chi connectivity index (χ1n) is 8.49. The van der Waals surface area contributed by atoms with Crippen molar-refractivity contribution in [3.63, 3.8) is 0 Å². The lowest BCUT2D eigenvalue weighted by Gasteiger charge is -2.08. The lowest BCUT2D eigenvalue weighted by molar-refractivity contribution is 0.299. The Labute approximate surface area is 153 Å². The van der Waals surface area contributed by atoms with Gasteiger partial charge in [0.15, 0.2) is 5.82 Å². The average Bonchev–Trinajstić information content (AvgIpc) is 2.63. The lowest BCUT2D eigenvalue weighted by atomic mass is 10.0. The first kappa shape index (κ1) is 17.6. The van der Waals surface area contributed by atoms with Crippen LogP contribution in [0.2, 0.25) is 5.02 Å². The van der Waals surface area contributed by atoms with Crippen LogP contribution < -0.4 is 0 Å².